The van der Waals surface area contributed by atoms with E-state index in [0.717, 1.165) is 10.5 Å². The zero-order valence-electron chi connectivity index (χ0n) is 18.0. The first-order valence-electron chi connectivity index (χ1n) is 9.98. The second-order valence-corrected chi connectivity index (χ2v) is 7.47. The molecule has 2 aromatic rings. The van der Waals surface area contributed by atoms with Gasteiger partial charge in [-0.1, -0.05) is 42.5 Å². The monoisotopic (exact) mass is 425 g/mol. The van der Waals surface area contributed by atoms with Crippen LogP contribution < -0.4 is 10.1 Å². The largest absolute Gasteiger partial charge is 0.497 e. The van der Waals surface area contributed by atoms with Gasteiger partial charge in [0.2, 0.25) is 5.91 Å². The predicted octanol–water partition coefficient (Wildman–Crippen LogP) is 2.14. The van der Waals surface area contributed by atoms with E-state index in [9.17, 15) is 14.4 Å². The molecule has 1 atom stereocenters. The summed E-state index contributed by atoms with van der Waals surface area (Å²) >= 11 is 0. The van der Waals surface area contributed by atoms with Crippen molar-refractivity contribution in [2.24, 2.45) is 0 Å². The van der Waals surface area contributed by atoms with Gasteiger partial charge in [-0.05, 0) is 30.2 Å². The number of carbonyl (C=O) groups excluding carboxylic acids is 3. The van der Waals surface area contributed by atoms with E-state index in [1.165, 1.54) is 0 Å². The molecule has 0 unspecified atom stereocenters. The van der Waals surface area contributed by atoms with E-state index in [2.05, 4.69) is 5.32 Å². The van der Waals surface area contributed by atoms with Crippen LogP contribution in [0.2, 0.25) is 0 Å². The Labute approximate surface area is 181 Å². The highest BCUT2D eigenvalue weighted by Gasteiger charge is 2.49. The van der Waals surface area contributed by atoms with Crippen LogP contribution in [0.1, 0.15) is 18.1 Å². The Morgan fingerprint density at radius 3 is 2.35 bits per heavy atom. The molecule has 0 aromatic heterocycles. The van der Waals surface area contributed by atoms with E-state index in [1.54, 1.807) is 50.3 Å². The number of methoxy groups -OCH3 is 2. The molecule has 3 rings (SSSR count). The topological polar surface area (TPSA) is 88.2 Å². The maximum Gasteiger partial charge on any atom is 0.325 e. The van der Waals surface area contributed by atoms with Gasteiger partial charge >= 0.3 is 6.03 Å². The number of hydrogen-bond acceptors (Lipinski definition) is 5. The zero-order valence-corrected chi connectivity index (χ0v) is 18.0. The Kier molecular flexibility index (Phi) is 6.91. The van der Waals surface area contributed by atoms with E-state index in [-0.39, 0.29) is 12.5 Å². The summed E-state index contributed by atoms with van der Waals surface area (Å²) < 4.78 is 10.3. The highest BCUT2D eigenvalue weighted by molar-refractivity contribution is 6.09. The normalized spacial score (nSPS) is 18.1. The molecule has 8 heteroatoms. The van der Waals surface area contributed by atoms with Crippen molar-refractivity contribution in [1.82, 2.24) is 15.1 Å². The Morgan fingerprint density at radius 2 is 1.74 bits per heavy atom. The van der Waals surface area contributed by atoms with Crippen molar-refractivity contribution < 1.29 is 23.9 Å². The zero-order chi connectivity index (χ0) is 22.4. The Balaban J connectivity index is 1.75. The lowest BCUT2D eigenvalue weighted by Crippen LogP contribution is -2.45. The number of urea groups is 1. The van der Waals surface area contributed by atoms with E-state index >= 15 is 0 Å². The smallest absolute Gasteiger partial charge is 0.325 e. The summed E-state index contributed by atoms with van der Waals surface area (Å²) in [7, 11) is 3.11. The quantitative estimate of drug-likeness (QED) is 0.622. The first kappa shape index (κ1) is 22.3. The van der Waals surface area contributed by atoms with Gasteiger partial charge in [0.05, 0.1) is 13.7 Å². The van der Waals surface area contributed by atoms with Crippen molar-refractivity contribution in [3.63, 3.8) is 0 Å². The lowest BCUT2D eigenvalue weighted by molar-refractivity contribution is -0.139. The molecule has 164 valence electrons. The van der Waals surface area contributed by atoms with Crippen LogP contribution in [0.25, 0.3) is 0 Å². The number of amides is 4. The molecule has 1 saturated heterocycles. The van der Waals surface area contributed by atoms with Crippen molar-refractivity contribution in [3.05, 3.63) is 65.7 Å². The van der Waals surface area contributed by atoms with Crippen LogP contribution in [0.5, 0.6) is 5.75 Å². The molecule has 31 heavy (non-hydrogen) atoms. The highest BCUT2D eigenvalue weighted by Crippen LogP contribution is 2.30. The van der Waals surface area contributed by atoms with Gasteiger partial charge in [-0.2, -0.15) is 0 Å². The number of rotatable bonds is 9. The summed E-state index contributed by atoms with van der Waals surface area (Å²) in [6.07, 6.45) is 0. The Bertz CT molecular complexity index is 932. The van der Waals surface area contributed by atoms with Gasteiger partial charge in [0.1, 0.15) is 17.8 Å². The van der Waals surface area contributed by atoms with E-state index in [0.29, 0.717) is 31.0 Å². The molecular formula is C23H27N3O5. The van der Waals surface area contributed by atoms with Gasteiger partial charge in [0, 0.05) is 20.2 Å². The third-order valence-electron chi connectivity index (χ3n) is 5.37. The minimum absolute atomic E-state index is 0.330. The Morgan fingerprint density at radius 1 is 1.06 bits per heavy atom. The fourth-order valence-corrected chi connectivity index (χ4v) is 3.49. The van der Waals surface area contributed by atoms with Crippen molar-refractivity contribution in [1.29, 1.82) is 0 Å². The molecule has 2 aromatic carbocycles. The maximum absolute atomic E-state index is 13.1. The Hall–Kier alpha value is -3.39. The van der Waals surface area contributed by atoms with Crippen LogP contribution in [0.15, 0.2) is 54.6 Å². The number of nitrogens with zero attached hydrogens (tertiary/aromatic N) is 2. The van der Waals surface area contributed by atoms with Crippen molar-refractivity contribution in [2.45, 2.75) is 19.0 Å². The molecule has 1 heterocycles. The molecule has 1 fully saturated rings. The third kappa shape index (κ3) is 4.86. The first-order valence-corrected chi connectivity index (χ1v) is 9.98. The molecule has 0 bridgehead atoms. The summed E-state index contributed by atoms with van der Waals surface area (Å²) in [5.74, 6) is -0.156. The van der Waals surface area contributed by atoms with Crippen LogP contribution in [-0.4, -0.2) is 61.6 Å². The van der Waals surface area contributed by atoms with E-state index in [4.69, 9.17) is 9.47 Å². The highest BCUT2D eigenvalue weighted by atomic mass is 16.5. The number of hydrogen-bond donors (Lipinski definition) is 1. The summed E-state index contributed by atoms with van der Waals surface area (Å²) in [5.41, 5.74) is 0.315. The van der Waals surface area contributed by atoms with E-state index < -0.39 is 17.5 Å². The molecule has 1 aliphatic heterocycles. The number of ether oxygens (including phenoxy) is 2. The SMILES string of the molecule is COCCN(Cc1ccccc1)C(=O)CN1C(=O)N[C@](C)(c2ccc(OC)cc2)C1=O. The summed E-state index contributed by atoms with van der Waals surface area (Å²) in [6, 6.07) is 15.8. The number of nitrogens with one attached hydrogen (secondary N) is 1. The van der Waals surface area contributed by atoms with Gasteiger partial charge in [0.15, 0.2) is 0 Å². The number of carbonyl (C=O) groups is 3. The van der Waals surface area contributed by atoms with Gasteiger partial charge in [-0.15, -0.1) is 0 Å². The van der Waals surface area contributed by atoms with Crippen LogP contribution in [0.4, 0.5) is 4.79 Å². The fraction of sp³-hybridized carbons (Fsp3) is 0.348. The number of imide groups is 1. The third-order valence-corrected chi connectivity index (χ3v) is 5.37. The summed E-state index contributed by atoms with van der Waals surface area (Å²) in [4.78, 5) is 41.3. The lowest BCUT2D eigenvalue weighted by atomic mass is 9.92. The van der Waals surface area contributed by atoms with Crippen LogP contribution in [-0.2, 0) is 26.4 Å². The molecule has 0 aliphatic carbocycles. The second-order valence-electron chi connectivity index (χ2n) is 7.47. The van der Waals surface area contributed by atoms with E-state index in [1.807, 2.05) is 30.3 Å². The fourth-order valence-electron chi connectivity index (χ4n) is 3.49. The molecule has 0 radical (unpaired) electrons. The van der Waals surface area contributed by atoms with Gasteiger partial charge in [0.25, 0.3) is 5.91 Å². The molecule has 4 amide bonds. The van der Waals surface area contributed by atoms with Crippen LogP contribution in [0.3, 0.4) is 0 Å². The standard InChI is InChI=1S/C23H27N3O5/c1-23(18-9-11-19(31-3)12-10-18)21(28)26(22(29)24-23)16-20(27)25(13-14-30-2)15-17-7-5-4-6-8-17/h4-12H,13-16H2,1-3H3,(H,24,29)/t23-/m1/s1. The van der Waals surface area contributed by atoms with Gasteiger partial charge in [-0.25, -0.2) is 4.79 Å². The van der Waals surface area contributed by atoms with Crippen molar-refractivity contribution in [2.75, 3.05) is 33.9 Å². The lowest BCUT2D eigenvalue weighted by Gasteiger charge is -2.25. The molecule has 0 saturated carbocycles. The minimum Gasteiger partial charge on any atom is -0.497 e. The first-order chi connectivity index (χ1) is 14.9. The average Bonchev–Trinajstić information content (AvgIpc) is 3.01. The predicted molar refractivity (Wildman–Crippen MR) is 114 cm³/mol. The number of benzene rings is 2. The van der Waals surface area contributed by atoms with Crippen LogP contribution in [0, 0.1) is 0 Å². The molecule has 1 N–H and O–H groups in total. The molecule has 8 nitrogen and oxygen atoms in total. The van der Waals surface area contributed by atoms with Crippen molar-refractivity contribution >= 4 is 17.8 Å². The molecule has 1 aliphatic rings. The summed E-state index contributed by atoms with van der Waals surface area (Å²) in [5, 5.41) is 2.72. The summed E-state index contributed by atoms with van der Waals surface area (Å²) in [6.45, 7) is 2.35. The molecule has 0 spiro atoms. The van der Waals surface area contributed by atoms with Gasteiger partial charge < -0.3 is 19.7 Å². The molecular weight excluding hydrogens is 398 g/mol. The maximum atomic E-state index is 13.1. The van der Waals surface area contributed by atoms with Crippen molar-refractivity contribution in [3.8, 4) is 5.75 Å². The minimum atomic E-state index is -1.25. The van der Waals surface area contributed by atoms with Crippen LogP contribution >= 0.6 is 0 Å². The average molecular weight is 425 g/mol. The van der Waals surface area contributed by atoms with Gasteiger partial charge in [-0.3, -0.25) is 14.5 Å². The second kappa shape index (κ2) is 9.61.